The van der Waals surface area contributed by atoms with Gasteiger partial charge in [-0.15, -0.1) is 0 Å². The number of benzene rings is 2. The number of rotatable bonds is 3. The van der Waals surface area contributed by atoms with Crippen LogP contribution in [0.2, 0.25) is 0 Å². The lowest BCUT2D eigenvalue weighted by atomic mass is 9.96. The van der Waals surface area contributed by atoms with E-state index in [0.717, 1.165) is 48.4 Å². The van der Waals surface area contributed by atoms with Gasteiger partial charge >= 0.3 is 0 Å². The highest BCUT2D eigenvalue weighted by Gasteiger charge is 2.25. The van der Waals surface area contributed by atoms with Gasteiger partial charge in [0, 0.05) is 25.2 Å². The molecule has 2 heterocycles. The van der Waals surface area contributed by atoms with Gasteiger partial charge in [-0.1, -0.05) is 12.1 Å². The SMILES string of the molecule is Cc1nc2ccccc2n1CC1CCN(C(=O)c2ccc(F)c(F)c2)CC1. The highest BCUT2D eigenvalue weighted by molar-refractivity contribution is 5.94. The van der Waals surface area contributed by atoms with E-state index in [-0.39, 0.29) is 11.5 Å². The monoisotopic (exact) mass is 369 g/mol. The average Bonchev–Trinajstić information content (AvgIpc) is 2.99. The minimum Gasteiger partial charge on any atom is -0.339 e. The molecule has 140 valence electrons. The second kappa shape index (κ2) is 7.10. The number of aromatic nitrogens is 2. The number of likely N-dealkylation sites (tertiary alicyclic amines) is 1. The van der Waals surface area contributed by atoms with Gasteiger partial charge in [-0.3, -0.25) is 4.79 Å². The normalized spacial score (nSPS) is 15.4. The molecule has 0 bridgehead atoms. The van der Waals surface area contributed by atoms with Crippen LogP contribution in [-0.2, 0) is 6.54 Å². The summed E-state index contributed by atoms with van der Waals surface area (Å²) < 4.78 is 28.7. The molecule has 0 radical (unpaired) electrons. The number of para-hydroxylation sites is 2. The van der Waals surface area contributed by atoms with Gasteiger partial charge in [0.25, 0.3) is 5.91 Å². The number of hydrogen-bond donors (Lipinski definition) is 0. The van der Waals surface area contributed by atoms with Gasteiger partial charge in [-0.05, 0) is 56.0 Å². The third-order valence-corrected chi connectivity index (χ3v) is 5.35. The molecule has 27 heavy (non-hydrogen) atoms. The summed E-state index contributed by atoms with van der Waals surface area (Å²) in [6, 6.07) is 11.4. The first-order valence-corrected chi connectivity index (χ1v) is 9.19. The van der Waals surface area contributed by atoms with Crippen LogP contribution in [0.15, 0.2) is 42.5 Å². The number of aryl methyl sites for hydroxylation is 1. The van der Waals surface area contributed by atoms with Crippen molar-refractivity contribution in [2.75, 3.05) is 13.1 Å². The standard InChI is InChI=1S/C21H21F2N3O/c1-14-24-19-4-2-3-5-20(19)26(14)13-15-8-10-25(11-9-15)21(27)16-6-7-17(22)18(23)12-16/h2-7,12,15H,8-11,13H2,1H3. The first kappa shape index (κ1) is 17.6. The van der Waals surface area contributed by atoms with E-state index in [1.54, 1.807) is 4.90 Å². The van der Waals surface area contributed by atoms with Gasteiger partial charge in [0.05, 0.1) is 11.0 Å². The Labute approximate surface area is 156 Å². The molecule has 1 amide bonds. The summed E-state index contributed by atoms with van der Waals surface area (Å²) in [6.07, 6.45) is 1.75. The van der Waals surface area contributed by atoms with Crippen molar-refractivity contribution in [3.8, 4) is 0 Å². The van der Waals surface area contributed by atoms with Crippen molar-refractivity contribution < 1.29 is 13.6 Å². The number of imidazole rings is 1. The molecule has 4 rings (SSSR count). The molecule has 0 atom stereocenters. The fourth-order valence-corrected chi connectivity index (χ4v) is 3.81. The lowest BCUT2D eigenvalue weighted by Gasteiger charge is -2.32. The zero-order valence-corrected chi connectivity index (χ0v) is 15.2. The van der Waals surface area contributed by atoms with E-state index >= 15 is 0 Å². The van der Waals surface area contributed by atoms with Gasteiger partial charge in [0.15, 0.2) is 11.6 Å². The molecular formula is C21H21F2N3O. The number of nitrogens with zero attached hydrogens (tertiary/aromatic N) is 3. The summed E-state index contributed by atoms with van der Waals surface area (Å²) in [5.74, 6) is -0.713. The van der Waals surface area contributed by atoms with E-state index in [1.165, 1.54) is 6.07 Å². The quantitative estimate of drug-likeness (QED) is 0.695. The average molecular weight is 369 g/mol. The van der Waals surface area contributed by atoms with Gasteiger partial charge in [0.1, 0.15) is 5.82 Å². The van der Waals surface area contributed by atoms with E-state index in [0.29, 0.717) is 19.0 Å². The van der Waals surface area contributed by atoms with E-state index in [9.17, 15) is 13.6 Å². The van der Waals surface area contributed by atoms with Crippen LogP contribution in [0.4, 0.5) is 8.78 Å². The van der Waals surface area contributed by atoms with Crippen molar-refractivity contribution in [2.45, 2.75) is 26.3 Å². The Kier molecular flexibility index (Phi) is 4.64. The molecule has 1 aliphatic rings. The predicted octanol–water partition coefficient (Wildman–Crippen LogP) is 4.18. The van der Waals surface area contributed by atoms with Crippen molar-refractivity contribution in [3.63, 3.8) is 0 Å². The summed E-state index contributed by atoms with van der Waals surface area (Å²) in [4.78, 5) is 18.9. The van der Waals surface area contributed by atoms with Crippen molar-refractivity contribution in [2.24, 2.45) is 5.92 Å². The van der Waals surface area contributed by atoms with Crippen LogP contribution < -0.4 is 0 Å². The first-order chi connectivity index (χ1) is 13.0. The summed E-state index contributed by atoms with van der Waals surface area (Å²) in [6.45, 7) is 4.13. The number of halogens is 2. The second-order valence-corrected chi connectivity index (χ2v) is 7.12. The number of amides is 1. The van der Waals surface area contributed by atoms with Crippen molar-refractivity contribution >= 4 is 16.9 Å². The zero-order chi connectivity index (χ0) is 19.0. The predicted molar refractivity (Wildman–Crippen MR) is 99.5 cm³/mol. The molecule has 0 aliphatic carbocycles. The van der Waals surface area contributed by atoms with Gasteiger partial charge in [-0.2, -0.15) is 0 Å². The van der Waals surface area contributed by atoms with Crippen LogP contribution in [0, 0.1) is 24.5 Å². The van der Waals surface area contributed by atoms with Crippen molar-refractivity contribution in [1.82, 2.24) is 14.5 Å². The molecule has 1 aliphatic heterocycles. The molecule has 1 saturated heterocycles. The fourth-order valence-electron chi connectivity index (χ4n) is 3.81. The Balaban J connectivity index is 1.42. The Hall–Kier alpha value is -2.76. The van der Waals surface area contributed by atoms with Gasteiger partial charge in [0.2, 0.25) is 0 Å². The lowest BCUT2D eigenvalue weighted by Crippen LogP contribution is -2.39. The van der Waals surface area contributed by atoms with Crippen molar-refractivity contribution in [1.29, 1.82) is 0 Å². The Morgan fingerprint density at radius 2 is 1.85 bits per heavy atom. The highest BCUT2D eigenvalue weighted by Crippen LogP contribution is 2.24. The molecular weight excluding hydrogens is 348 g/mol. The lowest BCUT2D eigenvalue weighted by molar-refractivity contribution is 0.0682. The van der Waals surface area contributed by atoms with Crippen LogP contribution in [0.5, 0.6) is 0 Å². The second-order valence-electron chi connectivity index (χ2n) is 7.12. The zero-order valence-electron chi connectivity index (χ0n) is 15.2. The minimum absolute atomic E-state index is 0.198. The van der Waals surface area contributed by atoms with E-state index in [4.69, 9.17) is 0 Å². The Bertz CT molecular complexity index is 990. The largest absolute Gasteiger partial charge is 0.339 e. The summed E-state index contributed by atoms with van der Waals surface area (Å²) in [5, 5.41) is 0. The molecule has 0 saturated carbocycles. The summed E-state index contributed by atoms with van der Waals surface area (Å²) in [5.41, 5.74) is 2.33. The van der Waals surface area contributed by atoms with E-state index in [1.807, 2.05) is 25.1 Å². The topological polar surface area (TPSA) is 38.1 Å². The Morgan fingerprint density at radius 1 is 1.11 bits per heavy atom. The molecule has 1 fully saturated rings. The summed E-state index contributed by atoms with van der Waals surface area (Å²) >= 11 is 0. The van der Waals surface area contributed by atoms with Crippen LogP contribution in [0.1, 0.15) is 29.0 Å². The molecule has 6 heteroatoms. The molecule has 0 unspecified atom stereocenters. The molecule has 3 aromatic rings. The molecule has 1 aromatic heterocycles. The van der Waals surface area contributed by atoms with E-state index < -0.39 is 11.6 Å². The van der Waals surface area contributed by atoms with Gasteiger partial charge in [-0.25, -0.2) is 13.8 Å². The number of carbonyl (C=O) groups is 1. The number of hydrogen-bond acceptors (Lipinski definition) is 2. The maximum Gasteiger partial charge on any atom is 0.253 e. The number of piperidine rings is 1. The molecule has 2 aromatic carbocycles. The maximum atomic E-state index is 13.4. The molecule has 0 N–H and O–H groups in total. The van der Waals surface area contributed by atoms with Crippen molar-refractivity contribution in [3.05, 3.63) is 65.5 Å². The maximum absolute atomic E-state index is 13.4. The van der Waals surface area contributed by atoms with Crippen LogP contribution >= 0.6 is 0 Å². The van der Waals surface area contributed by atoms with E-state index in [2.05, 4.69) is 15.6 Å². The molecule has 4 nitrogen and oxygen atoms in total. The summed E-state index contributed by atoms with van der Waals surface area (Å²) in [7, 11) is 0. The van der Waals surface area contributed by atoms with Crippen LogP contribution in [0.25, 0.3) is 11.0 Å². The fraction of sp³-hybridized carbons (Fsp3) is 0.333. The number of carbonyl (C=O) groups excluding carboxylic acids is 1. The van der Waals surface area contributed by atoms with Crippen LogP contribution in [-0.4, -0.2) is 33.4 Å². The van der Waals surface area contributed by atoms with Crippen LogP contribution in [0.3, 0.4) is 0 Å². The molecule has 0 spiro atoms. The highest BCUT2D eigenvalue weighted by atomic mass is 19.2. The third kappa shape index (κ3) is 3.44. The van der Waals surface area contributed by atoms with Gasteiger partial charge < -0.3 is 9.47 Å². The number of fused-ring (bicyclic) bond motifs is 1. The minimum atomic E-state index is -0.988. The Morgan fingerprint density at radius 3 is 2.59 bits per heavy atom. The third-order valence-electron chi connectivity index (χ3n) is 5.35. The first-order valence-electron chi connectivity index (χ1n) is 9.19. The smallest absolute Gasteiger partial charge is 0.253 e.